The molecule has 2 heterocycles. The van der Waals surface area contributed by atoms with Crippen LogP contribution in [0.3, 0.4) is 0 Å². The molecule has 1 saturated carbocycles. The van der Waals surface area contributed by atoms with E-state index in [2.05, 4.69) is 24.5 Å². The monoisotopic (exact) mass is 406 g/mol. The summed E-state index contributed by atoms with van der Waals surface area (Å²) in [5, 5.41) is 6.90. The summed E-state index contributed by atoms with van der Waals surface area (Å²) in [6.45, 7) is 9.89. The number of piperidine rings is 1. The van der Waals surface area contributed by atoms with Gasteiger partial charge in [-0.2, -0.15) is 0 Å². The van der Waals surface area contributed by atoms with Crippen LogP contribution >= 0.6 is 0 Å². The minimum Gasteiger partial charge on any atom is -0.339 e. The fourth-order valence-corrected chi connectivity index (χ4v) is 6.62. The lowest BCUT2D eigenvalue weighted by atomic mass is 9.63. The summed E-state index contributed by atoms with van der Waals surface area (Å²) in [5.74, 6) is -0.547. The van der Waals surface area contributed by atoms with Gasteiger partial charge in [0.05, 0.1) is 5.92 Å². The van der Waals surface area contributed by atoms with Gasteiger partial charge in [0.2, 0.25) is 0 Å². The first-order chi connectivity index (χ1) is 13.5. The molecular weight excluding hydrogens is 364 g/mol. The van der Waals surface area contributed by atoms with Crippen molar-refractivity contribution in [2.75, 3.05) is 0 Å². The van der Waals surface area contributed by atoms with Gasteiger partial charge in [-0.25, -0.2) is 0 Å². The molecule has 3 fully saturated rings. The molecule has 5 nitrogen and oxygen atoms in total. The molecule has 0 radical (unpaired) electrons. The molecule has 2 spiro atoms. The molecule has 0 aromatic carbocycles. The average molecular weight is 407 g/mol. The lowest BCUT2D eigenvalue weighted by molar-refractivity contribution is -0.190. The Balaban J connectivity index is 1.92. The molecule has 3 aliphatic rings. The molecule has 1 amide bonds. The van der Waals surface area contributed by atoms with Crippen LogP contribution in [0, 0.1) is 5.92 Å². The Kier molecular flexibility index (Phi) is 6.51. The number of nitrogens with one attached hydrogen (secondary N) is 2. The van der Waals surface area contributed by atoms with Gasteiger partial charge in [0, 0.05) is 17.5 Å². The first kappa shape index (κ1) is 22.7. The minimum atomic E-state index is -1.08. The van der Waals surface area contributed by atoms with Crippen molar-refractivity contribution in [1.82, 2.24) is 10.6 Å². The Morgan fingerprint density at radius 1 is 0.897 bits per heavy atom. The summed E-state index contributed by atoms with van der Waals surface area (Å²) in [5.41, 5.74) is -2.50. The molecule has 2 aliphatic heterocycles. The Bertz CT molecular complexity index is 616. The molecule has 0 bridgehead atoms. The van der Waals surface area contributed by atoms with Crippen LogP contribution in [0.15, 0.2) is 0 Å². The fourth-order valence-electron chi connectivity index (χ4n) is 6.62. The van der Waals surface area contributed by atoms with Crippen molar-refractivity contribution >= 4 is 11.7 Å². The quantitative estimate of drug-likeness (QED) is 0.666. The van der Waals surface area contributed by atoms with E-state index in [-0.39, 0.29) is 17.2 Å². The van der Waals surface area contributed by atoms with Crippen LogP contribution in [0.25, 0.3) is 0 Å². The largest absolute Gasteiger partial charge is 0.339 e. The number of carbonyl (C=O) groups excluding carboxylic acids is 2. The number of rotatable bonds is 1. The number of Topliss-reactive ketones (excluding diaryl/α,β-unsaturated/α-hetero) is 1. The van der Waals surface area contributed by atoms with Crippen LogP contribution in [0.1, 0.15) is 112 Å². The van der Waals surface area contributed by atoms with Gasteiger partial charge < -0.3 is 15.4 Å². The van der Waals surface area contributed by atoms with Crippen molar-refractivity contribution in [3.05, 3.63) is 0 Å². The van der Waals surface area contributed by atoms with Crippen molar-refractivity contribution in [3.63, 3.8) is 0 Å². The zero-order valence-electron chi connectivity index (χ0n) is 19.3. The first-order valence-corrected chi connectivity index (χ1v) is 11.8. The lowest BCUT2D eigenvalue weighted by Crippen LogP contribution is -2.72. The van der Waals surface area contributed by atoms with Gasteiger partial charge in [0.1, 0.15) is 11.5 Å². The maximum atomic E-state index is 13.6. The van der Waals surface area contributed by atoms with E-state index < -0.39 is 22.8 Å². The summed E-state index contributed by atoms with van der Waals surface area (Å²) in [7, 11) is 0. The van der Waals surface area contributed by atoms with Crippen molar-refractivity contribution in [3.8, 4) is 0 Å². The molecule has 2 N–H and O–H groups in total. The third-order valence-electron chi connectivity index (χ3n) is 7.22. The van der Waals surface area contributed by atoms with E-state index in [1.807, 2.05) is 13.8 Å². The average Bonchev–Trinajstić information content (AvgIpc) is 2.80. The van der Waals surface area contributed by atoms with Crippen LogP contribution in [0.2, 0.25) is 0 Å². The van der Waals surface area contributed by atoms with Crippen LogP contribution < -0.4 is 10.6 Å². The highest BCUT2D eigenvalue weighted by molar-refractivity contribution is 5.95. The second kappa shape index (κ2) is 8.30. The standard InChI is InChI=1S/C24H42N2O3/c1-18(27)19-22(4,5)26-21(2,3)17-24(19)20(28)25-23(29-24)15-13-11-9-7-6-8-10-12-14-16-23/h19,26H,6-17H2,1-5H3,(H,25,28). The van der Waals surface area contributed by atoms with Gasteiger partial charge in [0.15, 0.2) is 5.60 Å². The van der Waals surface area contributed by atoms with Gasteiger partial charge in [-0.15, -0.1) is 0 Å². The molecule has 166 valence electrons. The highest BCUT2D eigenvalue weighted by Crippen LogP contribution is 2.50. The Morgan fingerprint density at radius 2 is 1.38 bits per heavy atom. The van der Waals surface area contributed by atoms with Gasteiger partial charge in [-0.1, -0.05) is 44.9 Å². The third-order valence-corrected chi connectivity index (χ3v) is 7.22. The lowest BCUT2D eigenvalue weighted by Gasteiger charge is -2.54. The van der Waals surface area contributed by atoms with E-state index in [0.29, 0.717) is 6.42 Å². The SMILES string of the molecule is CC(=O)C1C(C)(C)NC(C)(C)CC12OC1(CCCCCCCCCCC1)NC2=O. The molecule has 1 aliphatic carbocycles. The summed E-state index contributed by atoms with van der Waals surface area (Å²) < 4.78 is 6.86. The van der Waals surface area contributed by atoms with Gasteiger partial charge in [-0.05, 0) is 60.3 Å². The molecule has 2 atom stereocenters. The van der Waals surface area contributed by atoms with Crippen LogP contribution in [-0.2, 0) is 14.3 Å². The van der Waals surface area contributed by atoms with E-state index in [4.69, 9.17) is 4.74 Å². The van der Waals surface area contributed by atoms with E-state index in [9.17, 15) is 9.59 Å². The summed E-state index contributed by atoms with van der Waals surface area (Å²) in [6.07, 6.45) is 13.2. The molecule has 0 aromatic rings. The topological polar surface area (TPSA) is 67.4 Å². The second-order valence-corrected chi connectivity index (χ2v) is 11.1. The predicted molar refractivity (Wildman–Crippen MR) is 116 cm³/mol. The second-order valence-electron chi connectivity index (χ2n) is 11.1. The van der Waals surface area contributed by atoms with Gasteiger partial charge in [0.25, 0.3) is 5.91 Å². The molecule has 2 unspecified atom stereocenters. The van der Waals surface area contributed by atoms with Crippen molar-refractivity contribution in [1.29, 1.82) is 0 Å². The van der Waals surface area contributed by atoms with Crippen molar-refractivity contribution in [2.24, 2.45) is 5.92 Å². The predicted octanol–water partition coefficient (Wildman–Crippen LogP) is 4.63. The minimum absolute atomic E-state index is 0.0263. The molecule has 2 saturated heterocycles. The van der Waals surface area contributed by atoms with Gasteiger partial charge >= 0.3 is 0 Å². The Morgan fingerprint density at radius 3 is 1.86 bits per heavy atom. The van der Waals surface area contributed by atoms with E-state index >= 15 is 0 Å². The third kappa shape index (κ3) is 4.71. The number of ether oxygens (including phenoxy) is 1. The Hall–Kier alpha value is -0.940. The fraction of sp³-hybridized carbons (Fsp3) is 0.917. The summed E-state index contributed by atoms with van der Waals surface area (Å²) >= 11 is 0. The van der Waals surface area contributed by atoms with E-state index in [0.717, 1.165) is 25.7 Å². The zero-order chi connectivity index (χ0) is 21.3. The number of hydrogen-bond donors (Lipinski definition) is 2. The summed E-state index contributed by atoms with van der Waals surface area (Å²) in [4.78, 5) is 26.4. The molecule has 0 aromatic heterocycles. The zero-order valence-corrected chi connectivity index (χ0v) is 19.3. The molecule has 3 rings (SSSR count). The number of ketones is 1. The molecular formula is C24H42N2O3. The summed E-state index contributed by atoms with van der Waals surface area (Å²) in [6, 6.07) is 0. The maximum absolute atomic E-state index is 13.6. The van der Waals surface area contributed by atoms with E-state index in [1.54, 1.807) is 6.92 Å². The van der Waals surface area contributed by atoms with Crippen LogP contribution in [0.4, 0.5) is 0 Å². The first-order valence-electron chi connectivity index (χ1n) is 11.8. The number of hydrogen-bond acceptors (Lipinski definition) is 4. The smallest absolute Gasteiger partial charge is 0.255 e. The number of carbonyl (C=O) groups is 2. The van der Waals surface area contributed by atoms with Crippen molar-refractivity contribution in [2.45, 2.75) is 134 Å². The highest BCUT2D eigenvalue weighted by atomic mass is 16.6. The molecule has 29 heavy (non-hydrogen) atoms. The van der Waals surface area contributed by atoms with Crippen molar-refractivity contribution < 1.29 is 14.3 Å². The Labute approximate surface area is 177 Å². The maximum Gasteiger partial charge on any atom is 0.255 e. The normalized spacial score (nSPS) is 34.9. The highest BCUT2D eigenvalue weighted by Gasteiger charge is 2.67. The van der Waals surface area contributed by atoms with Gasteiger partial charge in [-0.3, -0.25) is 9.59 Å². The van der Waals surface area contributed by atoms with Crippen LogP contribution in [-0.4, -0.2) is 34.1 Å². The molecule has 5 heteroatoms. The van der Waals surface area contributed by atoms with Crippen LogP contribution in [0.5, 0.6) is 0 Å². The van der Waals surface area contributed by atoms with E-state index in [1.165, 1.54) is 44.9 Å². The number of amides is 1.